The fraction of sp³-hybridized carbons (Fsp3) is 0.0588. The van der Waals surface area contributed by atoms with Crippen LogP contribution in [-0.2, 0) is 0 Å². The minimum Gasteiger partial charge on any atom is -0.453 e. The molecule has 0 saturated heterocycles. The highest BCUT2D eigenvalue weighted by Crippen LogP contribution is 2.34. The molecule has 0 aliphatic rings. The van der Waals surface area contributed by atoms with Gasteiger partial charge in [0, 0.05) is 0 Å². The number of halogens is 2. The molecule has 0 N–H and O–H groups in total. The van der Waals surface area contributed by atoms with Gasteiger partial charge in [-0.25, -0.2) is 0 Å². The summed E-state index contributed by atoms with van der Waals surface area (Å²) in [6.07, 6.45) is 0. The van der Waals surface area contributed by atoms with Crippen LogP contribution >= 0.6 is 31.9 Å². The van der Waals surface area contributed by atoms with Crippen LogP contribution in [-0.4, -0.2) is 0 Å². The highest BCUT2D eigenvalue weighted by Gasteiger charge is 2.14. The maximum atomic E-state index is 5.58. The third-order valence-corrected chi connectivity index (χ3v) is 4.56. The molecule has 0 aliphatic carbocycles. The van der Waals surface area contributed by atoms with Crippen molar-refractivity contribution in [2.75, 3.05) is 0 Å². The van der Waals surface area contributed by atoms with Gasteiger partial charge in [0.25, 0.3) is 0 Å². The van der Waals surface area contributed by atoms with Crippen molar-refractivity contribution >= 4 is 31.9 Å². The first-order chi connectivity index (χ1) is 9.74. The summed E-state index contributed by atoms with van der Waals surface area (Å²) in [5.41, 5.74) is 3.62. The molecule has 0 saturated carbocycles. The van der Waals surface area contributed by atoms with E-state index < -0.39 is 0 Å². The van der Waals surface area contributed by atoms with E-state index in [1.54, 1.807) is 0 Å². The van der Waals surface area contributed by atoms with Gasteiger partial charge >= 0.3 is 0 Å². The quantitative estimate of drug-likeness (QED) is 0.485. The van der Waals surface area contributed by atoms with Crippen molar-refractivity contribution < 1.29 is 4.42 Å². The van der Waals surface area contributed by atoms with Crippen LogP contribution in [0.5, 0.6) is 0 Å². The van der Waals surface area contributed by atoms with Crippen molar-refractivity contribution in [1.29, 1.82) is 0 Å². The Bertz CT molecular complexity index is 687. The Morgan fingerprint density at radius 3 is 2.00 bits per heavy atom. The summed E-state index contributed by atoms with van der Waals surface area (Å²) >= 11 is 7.00. The summed E-state index contributed by atoms with van der Waals surface area (Å²) in [5, 5.41) is 0. The molecule has 1 nitrogen and oxygen atoms in total. The Labute approximate surface area is 134 Å². The Morgan fingerprint density at radius 2 is 1.40 bits per heavy atom. The van der Waals surface area contributed by atoms with E-state index in [4.69, 9.17) is 4.42 Å². The lowest BCUT2D eigenvalue weighted by Crippen LogP contribution is -1.90. The molecule has 0 amide bonds. The van der Waals surface area contributed by atoms with E-state index in [-0.39, 0.29) is 4.83 Å². The number of benzene rings is 2. The zero-order valence-electron chi connectivity index (χ0n) is 10.6. The fourth-order valence-corrected chi connectivity index (χ4v) is 2.97. The molecular weight excluding hydrogens is 380 g/mol. The second-order valence-electron chi connectivity index (χ2n) is 4.49. The van der Waals surface area contributed by atoms with Gasteiger partial charge < -0.3 is 4.42 Å². The van der Waals surface area contributed by atoms with Crippen molar-refractivity contribution in [3.8, 4) is 11.1 Å². The smallest absolute Gasteiger partial charge is 0.169 e. The Morgan fingerprint density at radius 1 is 0.750 bits per heavy atom. The van der Waals surface area contributed by atoms with E-state index in [1.807, 2.05) is 18.2 Å². The molecule has 0 fully saturated rings. The van der Waals surface area contributed by atoms with E-state index in [0.29, 0.717) is 0 Å². The van der Waals surface area contributed by atoms with Crippen LogP contribution in [0.2, 0.25) is 0 Å². The van der Waals surface area contributed by atoms with Crippen LogP contribution in [0.25, 0.3) is 11.1 Å². The van der Waals surface area contributed by atoms with Crippen LogP contribution in [0.4, 0.5) is 0 Å². The van der Waals surface area contributed by atoms with Gasteiger partial charge in [0.2, 0.25) is 0 Å². The maximum absolute atomic E-state index is 5.58. The lowest BCUT2D eigenvalue weighted by Gasteiger charge is -2.08. The topological polar surface area (TPSA) is 13.1 Å². The van der Waals surface area contributed by atoms with Gasteiger partial charge in [0.1, 0.15) is 5.76 Å². The minimum atomic E-state index is 0.0682. The van der Waals surface area contributed by atoms with Crippen LogP contribution in [0, 0.1) is 0 Å². The molecule has 3 heteroatoms. The summed E-state index contributed by atoms with van der Waals surface area (Å²) in [4.78, 5) is 0.0682. The number of hydrogen-bond donors (Lipinski definition) is 0. The van der Waals surface area contributed by atoms with Gasteiger partial charge in [-0.05, 0) is 44.8 Å². The predicted molar refractivity (Wildman–Crippen MR) is 89.1 cm³/mol. The van der Waals surface area contributed by atoms with Crippen molar-refractivity contribution in [3.63, 3.8) is 0 Å². The van der Waals surface area contributed by atoms with Gasteiger partial charge in [-0.2, -0.15) is 0 Å². The van der Waals surface area contributed by atoms with E-state index in [1.165, 1.54) is 16.7 Å². The second-order valence-corrected chi connectivity index (χ2v) is 6.19. The van der Waals surface area contributed by atoms with Gasteiger partial charge in [-0.3, -0.25) is 0 Å². The molecule has 1 heterocycles. The van der Waals surface area contributed by atoms with Gasteiger partial charge in [-0.1, -0.05) is 70.5 Å². The van der Waals surface area contributed by atoms with Crippen molar-refractivity contribution in [2.45, 2.75) is 4.83 Å². The molecule has 0 spiro atoms. The van der Waals surface area contributed by atoms with Gasteiger partial charge in [-0.15, -0.1) is 0 Å². The highest BCUT2D eigenvalue weighted by molar-refractivity contribution is 9.10. The summed E-state index contributed by atoms with van der Waals surface area (Å²) in [6.45, 7) is 0. The molecule has 0 radical (unpaired) electrons. The zero-order valence-corrected chi connectivity index (χ0v) is 13.8. The standard InChI is InChI=1S/C17H12Br2O/c18-16-11-10-15(20-16)17(19)14-8-6-13(7-9-14)12-4-2-1-3-5-12/h1-11,17H. The molecule has 1 aromatic heterocycles. The second kappa shape index (κ2) is 5.98. The lowest BCUT2D eigenvalue weighted by molar-refractivity contribution is 0.497. The van der Waals surface area contributed by atoms with E-state index in [2.05, 4.69) is 80.4 Å². The summed E-state index contributed by atoms with van der Waals surface area (Å²) in [5.74, 6) is 0.893. The first-order valence-corrected chi connectivity index (χ1v) is 7.99. The number of alkyl halides is 1. The lowest BCUT2D eigenvalue weighted by atomic mass is 10.0. The largest absolute Gasteiger partial charge is 0.453 e. The average Bonchev–Trinajstić information content (AvgIpc) is 2.94. The first-order valence-electron chi connectivity index (χ1n) is 6.29. The van der Waals surface area contributed by atoms with Gasteiger partial charge in [0.15, 0.2) is 4.67 Å². The van der Waals surface area contributed by atoms with E-state index >= 15 is 0 Å². The maximum Gasteiger partial charge on any atom is 0.169 e. The number of rotatable bonds is 3. The summed E-state index contributed by atoms with van der Waals surface area (Å²) in [6, 6.07) is 22.8. The normalized spacial score (nSPS) is 12.3. The molecule has 3 aromatic rings. The third kappa shape index (κ3) is 2.89. The van der Waals surface area contributed by atoms with Gasteiger partial charge in [0.05, 0.1) is 4.83 Å². The minimum absolute atomic E-state index is 0.0682. The van der Waals surface area contributed by atoms with Crippen molar-refractivity contribution in [2.24, 2.45) is 0 Å². The molecule has 0 bridgehead atoms. The Hall–Kier alpha value is -1.32. The molecule has 100 valence electrons. The zero-order chi connectivity index (χ0) is 13.9. The predicted octanol–water partition coefficient (Wildman–Crippen LogP) is 6.19. The fourth-order valence-electron chi connectivity index (χ4n) is 2.10. The highest BCUT2D eigenvalue weighted by atomic mass is 79.9. The monoisotopic (exact) mass is 390 g/mol. The van der Waals surface area contributed by atoms with E-state index in [9.17, 15) is 0 Å². The van der Waals surface area contributed by atoms with Crippen LogP contribution < -0.4 is 0 Å². The molecule has 1 atom stereocenters. The van der Waals surface area contributed by atoms with Crippen LogP contribution in [0.3, 0.4) is 0 Å². The summed E-state index contributed by atoms with van der Waals surface area (Å²) in [7, 11) is 0. The van der Waals surface area contributed by atoms with Crippen LogP contribution in [0.1, 0.15) is 16.2 Å². The first kappa shape index (κ1) is 13.7. The molecule has 2 aromatic carbocycles. The Kier molecular flexibility index (Phi) is 4.08. The summed E-state index contributed by atoms with van der Waals surface area (Å²) < 4.78 is 6.33. The third-order valence-electron chi connectivity index (χ3n) is 3.15. The van der Waals surface area contributed by atoms with Crippen molar-refractivity contribution in [1.82, 2.24) is 0 Å². The van der Waals surface area contributed by atoms with E-state index in [0.717, 1.165) is 10.4 Å². The molecule has 0 aliphatic heterocycles. The molecule has 20 heavy (non-hydrogen) atoms. The number of hydrogen-bond acceptors (Lipinski definition) is 1. The molecular formula is C17H12Br2O. The van der Waals surface area contributed by atoms with Crippen molar-refractivity contribution in [3.05, 3.63) is 82.7 Å². The SMILES string of the molecule is Brc1ccc(C(Br)c2ccc(-c3ccccc3)cc2)o1. The Balaban J connectivity index is 1.86. The molecule has 3 rings (SSSR count). The average molecular weight is 392 g/mol. The number of furan rings is 1. The molecule has 1 unspecified atom stereocenters. The van der Waals surface area contributed by atoms with Crippen LogP contribution in [0.15, 0.2) is 75.8 Å².